The molecule has 17 heavy (non-hydrogen) atoms. The van der Waals surface area contributed by atoms with E-state index in [9.17, 15) is 9.18 Å². The number of carboxylic acid groups (broad SMARTS) is 1. The molecule has 0 saturated heterocycles. The summed E-state index contributed by atoms with van der Waals surface area (Å²) in [6.07, 6.45) is 1.56. The van der Waals surface area contributed by atoms with Crippen molar-refractivity contribution in [2.75, 3.05) is 0 Å². The molecule has 0 bridgehead atoms. The molecule has 0 saturated carbocycles. The van der Waals surface area contributed by atoms with Crippen molar-refractivity contribution in [2.24, 2.45) is 0 Å². The van der Waals surface area contributed by atoms with Gasteiger partial charge in [-0.05, 0) is 25.1 Å². The third kappa shape index (κ3) is 2.30. The standard InChI is InChI=1S/C13H10FNO2/c1-8-2-3-10(7-15-8)11-5-4-9(13(16)17)6-12(11)14/h2-7H,1H3,(H,16,17). The summed E-state index contributed by atoms with van der Waals surface area (Å²) in [5.74, 6) is -1.70. The Morgan fingerprint density at radius 2 is 2.06 bits per heavy atom. The Balaban J connectivity index is 2.46. The average Bonchev–Trinajstić information content (AvgIpc) is 2.30. The van der Waals surface area contributed by atoms with Gasteiger partial charge in [0.2, 0.25) is 0 Å². The number of benzene rings is 1. The Hall–Kier alpha value is -2.23. The van der Waals surface area contributed by atoms with Crippen LogP contribution in [0, 0.1) is 12.7 Å². The molecule has 2 rings (SSSR count). The quantitative estimate of drug-likeness (QED) is 0.864. The molecule has 4 heteroatoms. The maximum atomic E-state index is 13.7. The molecule has 0 radical (unpaired) electrons. The van der Waals surface area contributed by atoms with Crippen LogP contribution in [-0.2, 0) is 0 Å². The molecular weight excluding hydrogens is 221 g/mol. The number of aryl methyl sites for hydroxylation is 1. The van der Waals surface area contributed by atoms with Crippen molar-refractivity contribution < 1.29 is 14.3 Å². The van der Waals surface area contributed by atoms with Gasteiger partial charge in [-0.3, -0.25) is 4.98 Å². The molecule has 0 amide bonds. The molecule has 2 aromatic rings. The fraction of sp³-hybridized carbons (Fsp3) is 0.0769. The van der Waals surface area contributed by atoms with Crippen molar-refractivity contribution in [3.63, 3.8) is 0 Å². The fourth-order valence-corrected chi connectivity index (χ4v) is 1.51. The molecule has 1 heterocycles. The van der Waals surface area contributed by atoms with E-state index >= 15 is 0 Å². The molecule has 3 nitrogen and oxygen atoms in total. The Bertz CT molecular complexity index is 564. The molecule has 1 aromatic heterocycles. The summed E-state index contributed by atoms with van der Waals surface area (Å²) in [6.45, 7) is 1.84. The molecule has 0 fully saturated rings. The van der Waals surface area contributed by atoms with Crippen LogP contribution in [-0.4, -0.2) is 16.1 Å². The zero-order chi connectivity index (χ0) is 12.4. The largest absolute Gasteiger partial charge is 0.478 e. The normalized spacial score (nSPS) is 10.2. The van der Waals surface area contributed by atoms with Gasteiger partial charge in [0.25, 0.3) is 0 Å². The highest BCUT2D eigenvalue weighted by Gasteiger charge is 2.09. The van der Waals surface area contributed by atoms with Gasteiger partial charge in [-0.2, -0.15) is 0 Å². The number of pyridine rings is 1. The molecule has 0 aliphatic heterocycles. The topological polar surface area (TPSA) is 50.2 Å². The van der Waals surface area contributed by atoms with Gasteiger partial charge in [-0.25, -0.2) is 9.18 Å². The SMILES string of the molecule is Cc1ccc(-c2ccc(C(=O)O)cc2F)cn1. The van der Waals surface area contributed by atoms with Crippen molar-refractivity contribution >= 4 is 5.97 Å². The van der Waals surface area contributed by atoms with E-state index in [1.165, 1.54) is 12.1 Å². The van der Waals surface area contributed by atoms with Crippen LogP contribution in [0.25, 0.3) is 11.1 Å². The maximum Gasteiger partial charge on any atom is 0.335 e. The lowest BCUT2D eigenvalue weighted by Crippen LogP contribution is -1.97. The van der Waals surface area contributed by atoms with E-state index in [0.717, 1.165) is 11.8 Å². The van der Waals surface area contributed by atoms with Gasteiger partial charge in [-0.15, -0.1) is 0 Å². The minimum Gasteiger partial charge on any atom is -0.478 e. The molecule has 0 spiro atoms. The number of aromatic nitrogens is 1. The Kier molecular flexibility index (Phi) is 2.87. The number of carbonyl (C=O) groups is 1. The summed E-state index contributed by atoms with van der Waals surface area (Å²) < 4.78 is 13.7. The minimum atomic E-state index is -1.14. The predicted octanol–water partition coefficient (Wildman–Crippen LogP) is 2.89. The Morgan fingerprint density at radius 3 is 2.59 bits per heavy atom. The van der Waals surface area contributed by atoms with E-state index in [1.54, 1.807) is 18.3 Å². The summed E-state index contributed by atoms with van der Waals surface area (Å²) in [5.41, 5.74) is 1.76. The summed E-state index contributed by atoms with van der Waals surface area (Å²) in [4.78, 5) is 14.7. The van der Waals surface area contributed by atoms with Gasteiger partial charge < -0.3 is 5.11 Å². The molecular formula is C13H10FNO2. The van der Waals surface area contributed by atoms with Gasteiger partial charge >= 0.3 is 5.97 Å². The molecule has 0 unspecified atom stereocenters. The molecule has 0 atom stereocenters. The summed E-state index contributed by atoms with van der Waals surface area (Å²) in [6, 6.07) is 7.37. The summed E-state index contributed by atoms with van der Waals surface area (Å²) >= 11 is 0. The van der Waals surface area contributed by atoms with Crippen LogP contribution >= 0.6 is 0 Å². The lowest BCUT2D eigenvalue weighted by atomic mass is 10.0. The third-order valence-corrected chi connectivity index (χ3v) is 2.44. The zero-order valence-electron chi connectivity index (χ0n) is 9.14. The lowest BCUT2D eigenvalue weighted by Gasteiger charge is -2.04. The van der Waals surface area contributed by atoms with Crippen molar-refractivity contribution in [3.05, 3.63) is 53.6 Å². The van der Waals surface area contributed by atoms with Gasteiger partial charge in [0.05, 0.1) is 5.56 Å². The minimum absolute atomic E-state index is 0.0636. The lowest BCUT2D eigenvalue weighted by molar-refractivity contribution is 0.0696. The number of hydrogen-bond acceptors (Lipinski definition) is 2. The first-order valence-corrected chi connectivity index (χ1v) is 5.04. The van der Waals surface area contributed by atoms with E-state index in [2.05, 4.69) is 4.98 Å². The second-order valence-electron chi connectivity index (χ2n) is 3.69. The highest BCUT2D eigenvalue weighted by atomic mass is 19.1. The van der Waals surface area contributed by atoms with Crippen molar-refractivity contribution in [2.45, 2.75) is 6.92 Å². The Labute approximate surface area is 97.6 Å². The molecule has 1 N–H and O–H groups in total. The molecule has 86 valence electrons. The first-order chi connectivity index (χ1) is 8.08. The molecule has 0 aliphatic carbocycles. The van der Waals surface area contributed by atoms with Crippen molar-refractivity contribution in [1.29, 1.82) is 0 Å². The molecule has 0 aliphatic rings. The van der Waals surface area contributed by atoms with Crippen LogP contribution in [0.5, 0.6) is 0 Å². The fourth-order valence-electron chi connectivity index (χ4n) is 1.51. The van der Waals surface area contributed by atoms with Crippen LogP contribution in [0.3, 0.4) is 0 Å². The first-order valence-electron chi connectivity index (χ1n) is 5.04. The van der Waals surface area contributed by atoms with Gasteiger partial charge in [0.15, 0.2) is 0 Å². The summed E-state index contributed by atoms with van der Waals surface area (Å²) in [7, 11) is 0. The maximum absolute atomic E-state index is 13.7. The number of aromatic carboxylic acids is 1. The van der Waals surface area contributed by atoms with Gasteiger partial charge in [-0.1, -0.05) is 12.1 Å². The van der Waals surface area contributed by atoms with E-state index in [4.69, 9.17) is 5.11 Å². The van der Waals surface area contributed by atoms with Crippen LogP contribution < -0.4 is 0 Å². The van der Waals surface area contributed by atoms with Crippen LogP contribution in [0.1, 0.15) is 16.1 Å². The van der Waals surface area contributed by atoms with Crippen LogP contribution in [0.4, 0.5) is 4.39 Å². The first kappa shape index (κ1) is 11.3. The number of rotatable bonds is 2. The number of nitrogens with zero attached hydrogens (tertiary/aromatic N) is 1. The smallest absolute Gasteiger partial charge is 0.335 e. The Morgan fingerprint density at radius 1 is 1.29 bits per heavy atom. The zero-order valence-corrected chi connectivity index (χ0v) is 9.14. The second-order valence-corrected chi connectivity index (χ2v) is 3.69. The van der Waals surface area contributed by atoms with E-state index < -0.39 is 11.8 Å². The van der Waals surface area contributed by atoms with Gasteiger partial charge in [0, 0.05) is 23.0 Å². The van der Waals surface area contributed by atoms with Crippen molar-refractivity contribution in [3.8, 4) is 11.1 Å². The average molecular weight is 231 g/mol. The highest BCUT2D eigenvalue weighted by Crippen LogP contribution is 2.23. The predicted molar refractivity (Wildman–Crippen MR) is 61.3 cm³/mol. The second kappa shape index (κ2) is 4.33. The van der Waals surface area contributed by atoms with Crippen LogP contribution in [0.15, 0.2) is 36.5 Å². The molecule has 1 aromatic carbocycles. The van der Waals surface area contributed by atoms with Gasteiger partial charge in [0.1, 0.15) is 5.82 Å². The number of carboxylic acids is 1. The van der Waals surface area contributed by atoms with Crippen molar-refractivity contribution in [1.82, 2.24) is 4.98 Å². The van der Waals surface area contributed by atoms with E-state index in [-0.39, 0.29) is 5.56 Å². The highest BCUT2D eigenvalue weighted by molar-refractivity contribution is 5.88. The third-order valence-electron chi connectivity index (χ3n) is 2.44. The van der Waals surface area contributed by atoms with E-state index in [0.29, 0.717) is 11.1 Å². The number of hydrogen-bond donors (Lipinski definition) is 1. The number of halogens is 1. The van der Waals surface area contributed by atoms with Crippen LogP contribution in [0.2, 0.25) is 0 Å². The summed E-state index contributed by atoms with van der Waals surface area (Å²) in [5, 5.41) is 8.73. The monoisotopic (exact) mass is 231 g/mol. The van der Waals surface area contributed by atoms with E-state index in [1.807, 2.05) is 6.92 Å².